The van der Waals surface area contributed by atoms with Crippen LogP contribution in [-0.2, 0) is 4.79 Å². The van der Waals surface area contributed by atoms with Crippen LogP contribution < -0.4 is 5.32 Å². The molecule has 3 heteroatoms. The number of rotatable bonds is 2. The lowest BCUT2D eigenvalue weighted by molar-refractivity contribution is -0.141. The van der Waals surface area contributed by atoms with Gasteiger partial charge in [-0.25, -0.2) is 0 Å². The van der Waals surface area contributed by atoms with Crippen molar-refractivity contribution in [1.82, 2.24) is 10.2 Å². The highest BCUT2D eigenvalue weighted by molar-refractivity contribution is 5.80. The number of amides is 1. The molecule has 3 nitrogen and oxygen atoms in total. The van der Waals surface area contributed by atoms with Crippen LogP contribution in [0.4, 0.5) is 0 Å². The SMILES string of the molecule is CCC1CCCCN1C(=O)C1CCCNC1C. The third-order valence-electron chi connectivity index (χ3n) is 4.46. The van der Waals surface area contributed by atoms with Gasteiger partial charge in [-0.15, -0.1) is 0 Å². The fourth-order valence-corrected chi connectivity index (χ4v) is 3.31. The lowest BCUT2D eigenvalue weighted by Gasteiger charge is -2.40. The molecule has 0 aromatic carbocycles. The van der Waals surface area contributed by atoms with E-state index in [1.165, 1.54) is 19.3 Å². The van der Waals surface area contributed by atoms with E-state index < -0.39 is 0 Å². The van der Waals surface area contributed by atoms with E-state index in [9.17, 15) is 4.79 Å². The van der Waals surface area contributed by atoms with E-state index in [0.717, 1.165) is 32.4 Å². The summed E-state index contributed by atoms with van der Waals surface area (Å²) in [5, 5.41) is 3.44. The minimum atomic E-state index is 0.218. The molecule has 3 atom stereocenters. The molecule has 0 aromatic rings. The first-order valence-corrected chi connectivity index (χ1v) is 7.28. The molecule has 2 heterocycles. The van der Waals surface area contributed by atoms with Crippen molar-refractivity contribution in [1.29, 1.82) is 0 Å². The lowest BCUT2D eigenvalue weighted by Crippen LogP contribution is -2.52. The number of nitrogens with zero attached hydrogens (tertiary/aromatic N) is 1. The Hall–Kier alpha value is -0.570. The molecule has 17 heavy (non-hydrogen) atoms. The summed E-state index contributed by atoms with van der Waals surface area (Å²) in [5.41, 5.74) is 0. The molecule has 2 saturated heterocycles. The summed E-state index contributed by atoms with van der Waals surface area (Å²) in [6.07, 6.45) is 7.01. The molecule has 0 spiro atoms. The summed E-state index contributed by atoms with van der Waals surface area (Å²) >= 11 is 0. The molecule has 98 valence electrons. The number of carbonyl (C=O) groups is 1. The fraction of sp³-hybridized carbons (Fsp3) is 0.929. The molecule has 0 bridgehead atoms. The minimum Gasteiger partial charge on any atom is -0.339 e. The monoisotopic (exact) mass is 238 g/mol. The highest BCUT2D eigenvalue weighted by Gasteiger charge is 2.34. The maximum absolute atomic E-state index is 12.6. The van der Waals surface area contributed by atoms with Crippen molar-refractivity contribution in [3.63, 3.8) is 0 Å². The Morgan fingerprint density at radius 1 is 1.29 bits per heavy atom. The third kappa shape index (κ3) is 2.82. The predicted molar refractivity (Wildman–Crippen MR) is 69.8 cm³/mol. The summed E-state index contributed by atoms with van der Waals surface area (Å²) in [4.78, 5) is 14.8. The fourth-order valence-electron chi connectivity index (χ4n) is 3.31. The smallest absolute Gasteiger partial charge is 0.227 e. The molecule has 0 aliphatic carbocycles. The molecule has 2 fully saturated rings. The van der Waals surface area contributed by atoms with Crippen molar-refractivity contribution < 1.29 is 4.79 Å². The minimum absolute atomic E-state index is 0.218. The van der Waals surface area contributed by atoms with E-state index in [1.807, 2.05) is 0 Å². The number of hydrogen-bond acceptors (Lipinski definition) is 2. The van der Waals surface area contributed by atoms with Crippen molar-refractivity contribution in [3.05, 3.63) is 0 Å². The summed E-state index contributed by atoms with van der Waals surface area (Å²) in [6, 6.07) is 0.862. The van der Waals surface area contributed by atoms with Gasteiger partial charge in [0.1, 0.15) is 0 Å². The van der Waals surface area contributed by atoms with Crippen LogP contribution in [0.1, 0.15) is 52.4 Å². The van der Waals surface area contributed by atoms with Gasteiger partial charge in [0.05, 0.1) is 5.92 Å². The van der Waals surface area contributed by atoms with Gasteiger partial charge in [0, 0.05) is 18.6 Å². The molecule has 0 saturated carbocycles. The molecule has 1 amide bonds. The van der Waals surface area contributed by atoms with Crippen molar-refractivity contribution in [2.45, 2.75) is 64.5 Å². The van der Waals surface area contributed by atoms with Gasteiger partial charge in [0.2, 0.25) is 5.91 Å². The van der Waals surface area contributed by atoms with E-state index in [0.29, 0.717) is 18.0 Å². The maximum Gasteiger partial charge on any atom is 0.227 e. The number of nitrogens with one attached hydrogen (secondary N) is 1. The van der Waals surface area contributed by atoms with Gasteiger partial charge >= 0.3 is 0 Å². The van der Waals surface area contributed by atoms with Gasteiger partial charge in [0.15, 0.2) is 0 Å². The summed E-state index contributed by atoms with van der Waals surface area (Å²) in [7, 11) is 0. The van der Waals surface area contributed by atoms with E-state index >= 15 is 0 Å². The predicted octanol–water partition coefficient (Wildman–Crippen LogP) is 2.17. The average Bonchev–Trinajstić information content (AvgIpc) is 2.38. The van der Waals surface area contributed by atoms with Crippen LogP contribution >= 0.6 is 0 Å². The maximum atomic E-state index is 12.6. The third-order valence-corrected chi connectivity index (χ3v) is 4.46. The average molecular weight is 238 g/mol. The largest absolute Gasteiger partial charge is 0.339 e. The van der Waals surface area contributed by atoms with Gasteiger partial charge in [-0.05, 0) is 52.0 Å². The number of hydrogen-bond donors (Lipinski definition) is 1. The standard InChI is InChI=1S/C14H26N2O/c1-3-12-7-4-5-10-16(12)14(17)13-8-6-9-15-11(13)2/h11-13,15H,3-10H2,1-2H3. The Bertz CT molecular complexity index is 267. The van der Waals surface area contributed by atoms with Gasteiger partial charge in [-0.3, -0.25) is 4.79 Å². The van der Waals surface area contributed by atoms with Gasteiger partial charge in [-0.1, -0.05) is 6.92 Å². The van der Waals surface area contributed by atoms with Crippen LogP contribution in [-0.4, -0.2) is 36.0 Å². The molecule has 2 rings (SSSR count). The molecule has 1 N–H and O–H groups in total. The second-order valence-electron chi connectivity index (χ2n) is 5.58. The van der Waals surface area contributed by atoms with Crippen molar-refractivity contribution in [3.8, 4) is 0 Å². The molecule has 0 radical (unpaired) electrons. The number of piperidine rings is 2. The Balaban J connectivity index is 2.01. The van der Waals surface area contributed by atoms with Crippen LogP contribution in [0.2, 0.25) is 0 Å². The molecule has 2 aliphatic rings. The topological polar surface area (TPSA) is 32.3 Å². The van der Waals surface area contributed by atoms with Crippen LogP contribution in [0.25, 0.3) is 0 Å². The van der Waals surface area contributed by atoms with Crippen LogP contribution in [0.15, 0.2) is 0 Å². The van der Waals surface area contributed by atoms with Gasteiger partial charge in [-0.2, -0.15) is 0 Å². The van der Waals surface area contributed by atoms with Crippen LogP contribution in [0.5, 0.6) is 0 Å². The van der Waals surface area contributed by atoms with E-state index in [1.54, 1.807) is 0 Å². The van der Waals surface area contributed by atoms with E-state index in [4.69, 9.17) is 0 Å². The number of carbonyl (C=O) groups excluding carboxylic acids is 1. The zero-order chi connectivity index (χ0) is 12.3. The first-order valence-electron chi connectivity index (χ1n) is 7.28. The second-order valence-corrected chi connectivity index (χ2v) is 5.58. The van der Waals surface area contributed by atoms with E-state index in [-0.39, 0.29) is 5.92 Å². The van der Waals surface area contributed by atoms with Crippen LogP contribution in [0.3, 0.4) is 0 Å². The van der Waals surface area contributed by atoms with Crippen LogP contribution in [0, 0.1) is 5.92 Å². The summed E-state index contributed by atoms with van der Waals surface area (Å²) in [6.45, 7) is 6.42. The summed E-state index contributed by atoms with van der Waals surface area (Å²) in [5.74, 6) is 0.632. The van der Waals surface area contributed by atoms with Crippen molar-refractivity contribution >= 4 is 5.91 Å². The summed E-state index contributed by atoms with van der Waals surface area (Å²) < 4.78 is 0. The quantitative estimate of drug-likeness (QED) is 0.799. The molecular weight excluding hydrogens is 212 g/mol. The second kappa shape index (κ2) is 5.85. The van der Waals surface area contributed by atoms with Gasteiger partial charge < -0.3 is 10.2 Å². The zero-order valence-corrected chi connectivity index (χ0v) is 11.2. The number of likely N-dealkylation sites (tertiary alicyclic amines) is 1. The molecule has 2 aliphatic heterocycles. The Labute approximate surface area is 105 Å². The Morgan fingerprint density at radius 3 is 2.82 bits per heavy atom. The zero-order valence-electron chi connectivity index (χ0n) is 11.2. The normalized spacial score (nSPS) is 34.7. The van der Waals surface area contributed by atoms with E-state index in [2.05, 4.69) is 24.1 Å². The Kier molecular flexibility index (Phi) is 4.43. The Morgan fingerprint density at radius 2 is 2.12 bits per heavy atom. The molecule has 3 unspecified atom stereocenters. The molecular formula is C14H26N2O. The van der Waals surface area contributed by atoms with Gasteiger partial charge in [0.25, 0.3) is 0 Å². The first-order chi connectivity index (χ1) is 8.24. The highest BCUT2D eigenvalue weighted by atomic mass is 16.2. The lowest BCUT2D eigenvalue weighted by atomic mass is 9.88. The van der Waals surface area contributed by atoms with Crippen molar-refractivity contribution in [2.24, 2.45) is 5.92 Å². The highest BCUT2D eigenvalue weighted by Crippen LogP contribution is 2.25. The first kappa shape index (κ1) is 12.9. The molecule has 0 aromatic heterocycles. The van der Waals surface area contributed by atoms with Crippen molar-refractivity contribution in [2.75, 3.05) is 13.1 Å².